The van der Waals surface area contributed by atoms with Crippen LogP contribution in [0.1, 0.15) is 28.4 Å². The lowest BCUT2D eigenvalue weighted by Crippen LogP contribution is -2.35. The van der Waals surface area contributed by atoms with Gasteiger partial charge in [-0.05, 0) is 61.5 Å². The molecule has 0 unspecified atom stereocenters. The molecule has 0 fully saturated rings. The Morgan fingerprint density at radius 2 is 1.97 bits per heavy atom. The standard InChI is InChI=1S/C23H20N4O6S2/c1-4-32-18-12-14(8-9-17(18)33-21(29)15-7-5-6-13(2)10-15)11-16-19(24)27-22(25-20(16)28)34-23(26-27)35(3,30)31/h5-12,24H,4H2,1-3H3/b16-11-,24-19?. The van der Waals surface area contributed by atoms with Crippen LogP contribution in [0.4, 0.5) is 0 Å². The minimum absolute atomic E-state index is 0.00555. The minimum atomic E-state index is -3.62. The lowest BCUT2D eigenvalue weighted by atomic mass is 10.1. The Morgan fingerprint density at radius 1 is 1.20 bits per heavy atom. The van der Waals surface area contributed by atoms with E-state index in [1.807, 2.05) is 13.0 Å². The molecule has 1 N–H and O–H groups in total. The van der Waals surface area contributed by atoms with Gasteiger partial charge in [0, 0.05) is 6.26 Å². The van der Waals surface area contributed by atoms with Gasteiger partial charge in [0.25, 0.3) is 5.91 Å². The van der Waals surface area contributed by atoms with Crippen molar-refractivity contribution in [2.75, 3.05) is 12.9 Å². The van der Waals surface area contributed by atoms with Gasteiger partial charge in [0.15, 0.2) is 17.3 Å². The third kappa shape index (κ3) is 5.17. The van der Waals surface area contributed by atoms with E-state index in [0.717, 1.165) is 16.8 Å². The number of nitrogens with zero attached hydrogens (tertiary/aromatic N) is 3. The molecule has 0 aromatic heterocycles. The Labute approximate surface area is 205 Å². The van der Waals surface area contributed by atoms with Crippen LogP contribution in [-0.2, 0) is 14.6 Å². The summed E-state index contributed by atoms with van der Waals surface area (Å²) in [5.41, 5.74) is 1.71. The molecule has 2 aromatic carbocycles. The highest BCUT2D eigenvalue weighted by Crippen LogP contribution is 2.33. The maximum Gasteiger partial charge on any atom is 0.343 e. The van der Waals surface area contributed by atoms with Crippen molar-refractivity contribution in [1.82, 2.24) is 5.01 Å². The first-order chi connectivity index (χ1) is 16.6. The number of benzene rings is 2. The Balaban J connectivity index is 1.63. The third-order valence-electron chi connectivity index (χ3n) is 4.79. The van der Waals surface area contributed by atoms with Crippen LogP contribution in [0, 0.1) is 12.3 Å². The highest BCUT2D eigenvalue weighted by atomic mass is 32.3. The maximum atomic E-state index is 12.6. The number of sulfone groups is 1. The van der Waals surface area contributed by atoms with Crippen LogP contribution >= 0.6 is 11.8 Å². The van der Waals surface area contributed by atoms with E-state index < -0.39 is 21.7 Å². The number of carbonyl (C=O) groups is 2. The number of carbonyl (C=O) groups excluding carboxylic acids is 2. The van der Waals surface area contributed by atoms with Gasteiger partial charge in [-0.2, -0.15) is 10.0 Å². The molecule has 2 heterocycles. The van der Waals surface area contributed by atoms with E-state index in [2.05, 4.69) is 10.1 Å². The number of ether oxygens (including phenoxy) is 2. The summed E-state index contributed by atoms with van der Waals surface area (Å²) in [7, 11) is -3.62. The number of amides is 1. The summed E-state index contributed by atoms with van der Waals surface area (Å²) in [6.45, 7) is 3.94. The molecule has 2 aliphatic rings. The smallest absolute Gasteiger partial charge is 0.343 e. The third-order valence-corrected chi connectivity index (χ3v) is 7.37. The normalized spacial score (nSPS) is 16.7. The molecule has 0 atom stereocenters. The summed E-state index contributed by atoms with van der Waals surface area (Å²) >= 11 is 0.714. The van der Waals surface area contributed by atoms with Gasteiger partial charge >= 0.3 is 5.97 Å². The Bertz CT molecular complexity index is 1460. The molecule has 0 saturated carbocycles. The first-order valence-electron chi connectivity index (χ1n) is 10.3. The number of fused-ring (bicyclic) bond motifs is 1. The van der Waals surface area contributed by atoms with E-state index in [4.69, 9.17) is 14.9 Å². The van der Waals surface area contributed by atoms with Crippen LogP contribution in [0.3, 0.4) is 0 Å². The van der Waals surface area contributed by atoms with Gasteiger partial charge in [-0.1, -0.05) is 23.8 Å². The highest BCUT2D eigenvalue weighted by Gasteiger charge is 2.38. The summed E-state index contributed by atoms with van der Waals surface area (Å²) < 4.78 is 34.5. The molecule has 10 nitrogen and oxygen atoms in total. The van der Waals surface area contributed by atoms with E-state index >= 15 is 0 Å². The Morgan fingerprint density at radius 3 is 2.66 bits per heavy atom. The number of nitrogens with one attached hydrogen (secondary N) is 1. The van der Waals surface area contributed by atoms with Gasteiger partial charge in [-0.15, -0.1) is 5.10 Å². The van der Waals surface area contributed by atoms with Crippen LogP contribution in [0.25, 0.3) is 6.08 Å². The average molecular weight is 513 g/mol. The Hall–Kier alpha value is -3.77. The Kier molecular flexibility index (Phi) is 6.59. The zero-order chi connectivity index (χ0) is 25.3. The number of rotatable bonds is 5. The van der Waals surface area contributed by atoms with E-state index in [1.165, 1.54) is 12.1 Å². The lowest BCUT2D eigenvalue weighted by molar-refractivity contribution is -0.114. The van der Waals surface area contributed by atoms with Gasteiger partial charge in [-0.25, -0.2) is 13.2 Å². The molecular formula is C23H20N4O6S2. The van der Waals surface area contributed by atoms with Crippen molar-refractivity contribution in [3.05, 3.63) is 64.7 Å². The number of aryl methyl sites for hydroxylation is 1. The molecule has 35 heavy (non-hydrogen) atoms. The van der Waals surface area contributed by atoms with Crippen LogP contribution in [0.15, 0.2) is 58.1 Å². The molecule has 0 radical (unpaired) electrons. The number of amidine groups is 2. The second kappa shape index (κ2) is 9.47. The van der Waals surface area contributed by atoms with Gasteiger partial charge in [0.1, 0.15) is 0 Å². The number of esters is 1. The molecular weight excluding hydrogens is 492 g/mol. The van der Waals surface area contributed by atoms with E-state index in [9.17, 15) is 18.0 Å². The molecule has 1 amide bonds. The van der Waals surface area contributed by atoms with Crippen molar-refractivity contribution in [3.8, 4) is 11.5 Å². The SMILES string of the molecule is CCOc1cc(/C=C2/C(=N)N3N=C(S(C)(=O)=O)SC3=NC2=O)ccc1OC(=O)c1cccc(C)c1. The predicted octanol–water partition coefficient (Wildman–Crippen LogP) is 3.23. The summed E-state index contributed by atoms with van der Waals surface area (Å²) in [6, 6.07) is 11.7. The fraction of sp³-hybridized carbons (Fsp3) is 0.174. The number of hydrazone groups is 1. The molecule has 0 aliphatic carbocycles. The van der Waals surface area contributed by atoms with Gasteiger partial charge in [0.05, 0.1) is 17.7 Å². The van der Waals surface area contributed by atoms with E-state index in [-0.39, 0.29) is 32.5 Å². The largest absolute Gasteiger partial charge is 0.490 e. The topological polar surface area (TPSA) is 139 Å². The molecule has 0 bridgehead atoms. The minimum Gasteiger partial charge on any atom is -0.490 e. The van der Waals surface area contributed by atoms with Crippen molar-refractivity contribution < 1.29 is 27.5 Å². The quantitative estimate of drug-likeness (QED) is 0.366. The molecule has 180 valence electrons. The monoisotopic (exact) mass is 512 g/mol. The number of hydrogen-bond acceptors (Lipinski definition) is 9. The second-order valence-corrected chi connectivity index (χ2v) is 10.7. The van der Waals surface area contributed by atoms with Crippen LogP contribution in [0.5, 0.6) is 11.5 Å². The summed E-state index contributed by atoms with van der Waals surface area (Å²) in [5.74, 6) is -1.08. The maximum absolute atomic E-state index is 12.6. The van der Waals surface area contributed by atoms with E-state index in [0.29, 0.717) is 29.5 Å². The summed E-state index contributed by atoms with van der Waals surface area (Å²) in [5, 5.41) is 13.3. The van der Waals surface area contributed by atoms with Crippen LogP contribution < -0.4 is 9.47 Å². The number of hydrogen-bond donors (Lipinski definition) is 1. The number of aliphatic imine (C=N–C) groups is 1. The second-order valence-electron chi connectivity index (χ2n) is 7.56. The van der Waals surface area contributed by atoms with Crippen molar-refractivity contribution in [2.24, 2.45) is 10.1 Å². The predicted molar refractivity (Wildman–Crippen MR) is 134 cm³/mol. The molecule has 2 aliphatic heterocycles. The fourth-order valence-electron chi connectivity index (χ4n) is 3.19. The molecule has 12 heteroatoms. The molecule has 2 aromatic rings. The first-order valence-corrected chi connectivity index (χ1v) is 13.0. The van der Waals surface area contributed by atoms with Crippen molar-refractivity contribution >= 4 is 54.9 Å². The molecule has 4 rings (SSSR count). The van der Waals surface area contributed by atoms with Crippen LogP contribution in [-0.4, -0.2) is 53.5 Å². The molecule has 0 spiro atoms. The van der Waals surface area contributed by atoms with Crippen molar-refractivity contribution in [2.45, 2.75) is 13.8 Å². The van der Waals surface area contributed by atoms with Crippen molar-refractivity contribution in [3.63, 3.8) is 0 Å². The van der Waals surface area contributed by atoms with Gasteiger partial charge in [-0.3, -0.25) is 10.2 Å². The van der Waals surface area contributed by atoms with Gasteiger partial charge in [0.2, 0.25) is 19.4 Å². The number of thioether (sulfide) groups is 1. The zero-order valence-corrected chi connectivity index (χ0v) is 20.6. The molecule has 0 saturated heterocycles. The van der Waals surface area contributed by atoms with Crippen molar-refractivity contribution in [1.29, 1.82) is 5.41 Å². The lowest BCUT2D eigenvalue weighted by Gasteiger charge is -2.20. The van der Waals surface area contributed by atoms with E-state index in [1.54, 1.807) is 37.3 Å². The van der Waals surface area contributed by atoms with Crippen LogP contribution in [0.2, 0.25) is 0 Å². The summed E-state index contributed by atoms with van der Waals surface area (Å²) in [4.78, 5) is 29.0. The first kappa shape index (κ1) is 24.4. The average Bonchev–Trinajstić information content (AvgIpc) is 3.23. The highest BCUT2D eigenvalue weighted by molar-refractivity contribution is 8.42. The summed E-state index contributed by atoms with van der Waals surface area (Å²) in [6.07, 6.45) is 2.40. The zero-order valence-electron chi connectivity index (χ0n) is 18.9. The fourth-order valence-corrected chi connectivity index (χ4v) is 4.87. The van der Waals surface area contributed by atoms with Gasteiger partial charge < -0.3 is 9.47 Å².